The molecule has 0 saturated carbocycles. The Morgan fingerprint density at radius 2 is 1.58 bits per heavy atom. The molecule has 1 atom stereocenters. The van der Waals surface area contributed by atoms with Crippen molar-refractivity contribution in [1.29, 1.82) is 10.5 Å². The van der Waals surface area contributed by atoms with E-state index < -0.39 is 11.8 Å². The van der Waals surface area contributed by atoms with Crippen molar-refractivity contribution in [3.8, 4) is 12.1 Å². The molecule has 3 rings (SSSR count). The van der Waals surface area contributed by atoms with Crippen LogP contribution in [0.1, 0.15) is 28.3 Å². The van der Waals surface area contributed by atoms with Gasteiger partial charge in [-0.25, -0.2) is 0 Å². The van der Waals surface area contributed by atoms with Crippen molar-refractivity contribution in [2.75, 3.05) is 0 Å². The number of fused-ring (bicyclic) bond motifs is 1. The second-order valence-electron chi connectivity index (χ2n) is 6.08. The fraction of sp³-hybridized carbons (Fsp3) is 0.136. The maximum atomic E-state index is 12.8. The number of hydrogen-bond acceptors (Lipinski definition) is 3. The van der Waals surface area contributed by atoms with Gasteiger partial charge >= 0.3 is 0 Å². The van der Waals surface area contributed by atoms with Gasteiger partial charge in [0.25, 0.3) is 0 Å². The van der Waals surface area contributed by atoms with E-state index in [0.717, 1.165) is 20.8 Å². The van der Waals surface area contributed by atoms with E-state index in [-0.39, 0.29) is 12.2 Å². The van der Waals surface area contributed by atoms with Crippen LogP contribution in [0.5, 0.6) is 0 Å². The first-order valence-electron chi connectivity index (χ1n) is 8.19. The summed E-state index contributed by atoms with van der Waals surface area (Å²) < 4.78 is 0.909. The zero-order valence-corrected chi connectivity index (χ0v) is 15.5. The van der Waals surface area contributed by atoms with Crippen LogP contribution in [0.3, 0.4) is 0 Å². The Morgan fingerprint density at radius 3 is 2.23 bits per heavy atom. The molecule has 126 valence electrons. The van der Waals surface area contributed by atoms with Gasteiger partial charge in [0.05, 0.1) is 12.1 Å². The van der Waals surface area contributed by atoms with Gasteiger partial charge in [-0.05, 0) is 34.5 Å². The van der Waals surface area contributed by atoms with Crippen LogP contribution in [0, 0.1) is 28.6 Å². The predicted molar refractivity (Wildman–Crippen MR) is 104 cm³/mol. The molecule has 3 nitrogen and oxygen atoms in total. The molecular weight excluding hydrogens is 388 g/mol. The van der Waals surface area contributed by atoms with E-state index in [1.807, 2.05) is 72.8 Å². The number of halogens is 1. The SMILES string of the molecule is N#CC(C#N)C(CC(=O)c1ccc2ccccc2c1)c1ccc(Br)cc1. The Morgan fingerprint density at radius 1 is 0.923 bits per heavy atom. The number of benzene rings is 3. The third-order valence-corrected chi connectivity index (χ3v) is 4.98. The molecule has 0 bridgehead atoms. The molecule has 0 amide bonds. The number of nitrogens with zero attached hydrogens (tertiary/aromatic N) is 2. The predicted octanol–water partition coefficient (Wildman–Crippen LogP) is 5.62. The Hall–Kier alpha value is -2.95. The summed E-state index contributed by atoms with van der Waals surface area (Å²) >= 11 is 3.38. The standard InChI is InChI=1S/C22H15BrN2O/c23-20-9-7-16(8-10-20)21(19(13-24)14-25)12-22(26)18-6-5-15-3-1-2-4-17(15)11-18/h1-11,19,21H,12H2. The number of hydrogen-bond donors (Lipinski definition) is 0. The van der Waals surface area contributed by atoms with Crippen molar-refractivity contribution in [2.24, 2.45) is 5.92 Å². The molecule has 0 aliphatic heterocycles. The second kappa shape index (κ2) is 7.95. The minimum Gasteiger partial charge on any atom is -0.294 e. The maximum absolute atomic E-state index is 12.8. The summed E-state index contributed by atoms with van der Waals surface area (Å²) in [6.45, 7) is 0. The lowest BCUT2D eigenvalue weighted by Crippen LogP contribution is -2.15. The highest BCUT2D eigenvalue weighted by molar-refractivity contribution is 9.10. The van der Waals surface area contributed by atoms with Crippen LogP contribution in [0.2, 0.25) is 0 Å². The van der Waals surface area contributed by atoms with Gasteiger partial charge in [-0.1, -0.05) is 64.5 Å². The first-order chi connectivity index (χ1) is 12.6. The Bertz CT molecular complexity index is 1010. The van der Waals surface area contributed by atoms with E-state index in [9.17, 15) is 15.3 Å². The van der Waals surface area contributed by atoms with Crippen molar-refractivity contribution in [1.82, 2.24) is 0 Å². The smallest absolute Gasteiger partial charge is 0.163 e. The molecule has 0 fully saturated rings. The van der Waals surface area contributed by atoms with Crippen LogP contribution < -0.4 is 0 Å². The van der Waals surface area contributed by atoms with Crippen LogP contribution in [0.15, 0.2) is 71.2 Å². The van der Waals surface area contributed by atoms with Crippen molar-refractivity contribution in [3.63, 3.8) is 0 Å². The number of carbonyl (C=O) groups is 1. The molecule has 0 aliphatic carbocycles. The summed E-state index contributed by atoms with van der Waals surface area (Å²) in [5.41, 5.74) is 1.41. The van der Waals surface area contributed by atoms with Crippen molar-refractivity contribution >= 4 is 32.5 Å². The number of ketones is 1. The van der Waals surface area contributed by atoms with Gasteiger partial charge < -0.3 is 0 Å². The second-order valence-corrected chi connectivity index (χ2v) is 7.00. The first kappa shape index (κ1) is 17.9. The minimum atomic E-state index is -0.874. The summed E-state index contributed by atoms with van der Waals surface area (Å²) in [6.07, 6.45) is 0.117. The summed E-state index contributed by atoms with van der Waals surface area (Å²) in [6, 6.07) is 24.9. The first-order valence-corrected chi connectivity index (χ1v) is 8.98. The van der Waals surface area contributed by atoms with Crippen LogP contribution in [0.4, 0.5) is 0 Å². The van der Waals surface area contributed by atoms with E-state index in [1.54, 1.807) is 6.07 Å². The topological polar surface area (TPSA) is 64.7 Å². The summed E-state index contributed by atoms with van der Waals surface area (Å²) in [5.74, 6) is -1.41. The third-order valence-electron chi connectivity index (χ3n) is 4.46. The molecular formula is C22H15BrN2O. The fourth-order valence-corrected chi connectivity index (χ4v) is 3.29. The van der Waals surface area contributed by atoms with E-state index in [4.69, 9.17) is 0 Å². The third kappa shape index (κ3) is 3.82. The molecule has 3 aromatic carbocycles. The van der Waals surface area contributed by atoms with E-state index in [2.05, 4.69) is 15.9 Å². The Kier molecular flexibility index (Phi) is 5.46. The summed E-state index contributed by atoms with van der Waals surface area (Å²) in [7, 11) is 0. The van der Waals surface area contributed by atoms with Crippen molar-refractivity contribution < 1.29 is 4.79 Å². The molecule has 1 unspecified atom stereocenters. The lowest BCUT2D eigenvalue weighted by Gasteiger charge is -2.17. The van der Waals surface area contributed by atoms with Gasteiger partial charge in [-0.3, -0.25) is 4.79 Å². The highest BCUT2D eigenvalue weighted by Crippen LogP contribution is 2.30. The Labute approximate surface area is 160 Å². The van der Waals surface area contributed by atoms with Gasteiger partial charge in [0.1, 0.15) is 5.92 Å². The summed E-state index contributed by atoms with van der Waals surface area (Å²) in [4.78, 5) is 12.8. The lowest BCUT2D eigenvalue weighted by molar-refractivity contribution is 0.0971. The van der Waals surface area contributed by atoms with Crippen LogP contribution in [-0.4, -0.2) is 5.78 Å². The van der Waals surface area contributed by atoms with Gasteiger partial charge in [0.15, 0.2) is 5.78 Å². The van der Waals surface area contributed by atoms with E-state index >= 15 is 0 Å². The van der Waals surface area contributed by atoms with Gasteiger partial charge in [-0.2, -0.15) is 10.5 Å². The molecule has 4 heteroatoms. The summed E-state index contributed by atoms with van der Waals surface area (Å²) in [5, 5.41) is 20.8. The largest absolute Gasteiger partial charge is 0.294 e. The monoisotopic (exact) mass is 402 g/mol. The zero-order chi connectivity index (χ0) is 18.5. The minimum absolute atomic E-state index is 0.0702. The lowest BCUT2D eigenvalue weighted by atomic mass is 9.82. The number of nitriles is 2. The molecule has 0 spiro atoms. The molecule has 0 N–H and O–H groups in total. The molecule has 3 aromatic rings. The average Bonchev–Trinajstić information content (AvgIpc) is 2.68. The molecule has 0 aromatic heterocycles. The number of Topliss-reactive ketones (excluding diaryl/α,β-unsaturated/α-hetero) is 1. The Balaban J connectivity index is 1.92. The van der Waals surface area contributed by atoms with Gasteiger partial charge in [0, 0.05) is 22.4 Å². The normalized spacial score (nSPS) is 11.7. The van der Waals surface area contributed by atoms with E-state index in [0.29, 0.717) is 5.56 Å². The highest BCUT2D eigenvalue weighted by Gasteiger charge is 2.26. The fourth-order valence-electron chi connectivity index (χ4n) is 3.03. The van der Waals surface area contributed by atoms with Gasteiger partial charge in [-0.15, -0.1) is 0 Å². The van der Waals surface area contributed by atoms with E-state index in [1.165, 1.54) is 0 Å². The number of carbonyl (C=O) groups excluding carboxylic acids is 1. The highest BCUT2D eigenvalue weighted by atomic mass is 79.9. The van der Waals surface area contributed by atoms with Gasteiger partial charge in [0.2, 0.25) is 0 Å². The zero-order valence-electron chi connectivity index (χ0n) is 13.9. The van der Waals surface area contributed by atoms with Crippen LogP contribution >= 0.6 is 15.9 Å². The molecule has 0 aliphatic rings. The molecule has 26 heavy (non-hydrogen) atoms. The molecule has 0 heterocycles. The quantitative estimate of drug-likeness (QED) is 0.519. The average molecular weight is 403 g/mol. The molecule has 0 radical (unpaired) electrons. The van der Waals surface area contributed by atoms with Crippen LogP contribution in [-0.2, 0) is 0 Å². The van der Waals surface area contributed by atoms with Crippen molar-refractivity contribution in [3.05, 3.63) is 82.3 Å². The maximum Gasteiger partial charge on any atom is 0.163 e. The number of rotatable bonds is 5. The van der Waals surface area contributed by atoms with Crippen LogP contribution in [0.25, 0.3) is 10.8 Å². The molecule has 0 saturated heterocycles. The van der Waals surface area contributed by atoms with Crippen molar-refractivity contribution in [2.45, 2.75) is 12.3 Å².